The molecule has 0 bridgehead atoms. The Morgan fingerprint density at radius 3 is 2.44 bits per heavy atom. The molecular formula is C11H15BN4O2. The number of hydrogen-bond acceptors (Lipinski definition) is 5. The molecule has 0 unspecified atom stereocenters. The summed E-state index contributed by atoms with van der Waals surface area (Å²) in [5.41, 5.74) is 0.687. The molecule has 3 heterocycles. The van der Waals surface area contributed by atoms with Gasteiger partial charge in [-0.05, 0) is 27.7 Å². The van der Waals surface area contributed by atoms with Gasteiger partial charge in [0.15, 0.2) is 5.65 Å². The third-order valence-electron chi connectivity index (χ3n) is 3.71. The van der Waals surface area contributed by atoms with E-state index in [1.807, 2.05) is 27.7 Å². The van der Waals surface area contributed by atoms with Gasteiger partial charge in [-0.25, -0.2) is 9.50 Å². The zero-order valence-corrected chi connectivity index (χ0v) is 10.9. The van der Waals surface area contributed by atoms with E-state index in [0.717, 1.165) is 5.59 Å². The van der Waals surface area contributed by atoms with Gasteiger partial charge in [-0.3, -0.25) is 4.98 Å². The summed E-state index contributed by atoms with van der Waals surface area (Å²) in [6.45, 7) is 8.06. The van der Waals surface area contributed by atoms with Crippen LogP contribution in [-0.2, 0) is 9.31 Å². The van der Waals surface area contributed by atoms with Gasteiger partial charge < -0.3 is 9.31 Å². The minimum absolute atomic E-state index is 0.375. The second-order valence-electron chi connectivity index (χ2n) is 5.45. The summed E-state index contributed by atoms with van der Waals surface area (Å²) < 4.78 is 13.6. The van der Waals surface area contributed by atoms with Gasteiger partial charge in [-0.2, -0.15) is 5.10 Å². The molecule has 7 heteroatoms. The van der Waals surface area contributed by atoms with Gasteiger partial charge in [-0.1, -0.05) is 0 Å². The van der Waals surface area contributed by atoms with Crippen LogP contribution in [0.1, 0.15) is 27.7 Å². The topological polar surface area (TPSA) is 61.5 Å². The smallest absolute Gasteiger partial charge is 0.398 e. The van der Waals surface area contributed by atoms with Crippen LogP contribution in [0.5, 0.6) is 0 Å². The number of aromatic nitrogens is 4. The largest absolute Gasteiger partial charge is 0.516 e. The molecule has 2 aromatic rings. The van der Waals surface area contributed by atoms with E-state index in [9.17, 15) is 0 Å². The average molecular weight is 246 g/mol. The van der Waals surface area contributed by atoms with E-state index in [1.165, 1.54) is 6.33 Å². The fraction of sp³-hybridized carbons (Fsp3) is 0.545. The first-order chi connectivity index (χ1) is 8.41. The van der Waals surface area contributed by atoms with E-state index in [-0.39, 0.29) is 11.2 Å². The Hall–Kier alpha value is -1.47. The zero-order valence-electron chi connectivity index (χ0n) is 10.9. The first kappa shape index (κ1) is 11.6. The average Bonchev–Trinajstić information content (AvgIpc) is 2.81. The molecule has 0 spiro atoms. The maximum absolute atomic E-state index is 5.98. The molecule has 1 fully saturated rings. The highest BCUT2D eigenvalue weighted by atomic mass is 16.7. The lowest BCUT2D eigenvalue weighted by atomic mass is 9.85. The second kappa shape index (κ2) is 3.52. The van der Waals surface area contributed by atoms with Crippen molar-refractivity contribution < 1.29 is 9.31 Å². The lowest BCUT2D eigenvalue weighted by Gasteiger charge is -2.32. The van der Waals surface area contributed by atoms with Gasteiger partial charge in [0.2, 0.25) is 0 Å². The van der Waals surface area contributed by atoms with Gasteiger partial charge in [0.25, 0.3) is 0 Å². The van der Waals surface area contributed by atoms with E-state index in [4.69, 9.17) is 9.31 Å². The Labute approximate surface area is 105 Å². The predicted molar refractivity (Wildman–Crippen MR) is 66.5 cm³/mol. The quantitative estimate of drug-likeness (QED) is 0.682. The van der Waals surface area contributed by atoms with E-state index in [1.54, 1.807) is 16.9 Å². The van der Waals surface area contributed by atoms with Crippen LogP contribution in [0, 0.1) is 0 Å². The summed E-state index contributed by atoms with van der Waals surface area (Å²) in [6, 6.07) is 0. The molecule has 18 heavy (non-hydrogen) atoms. The van der Waals surface area contributed by atoms with E-state index in [2.05, 4.69) is 15.1 Å². The summed E-state index contributed by atoms with van der Waals surface area (Å²) >= 11 is 0. The van der Waals surface area contributed by atoms with Crippen LogP contribution in [-0.4, -0.2) is 37.9 Å². The van der Waals surface area contributed by atoms with E-state index >= 15 is 0 Å². The van der Waals surface area contributed by atoms with Crippen molar-refractivity contribution in [3.8, 4) is 0 Å². The first-order valence-corrected chi connectivity index (χ1v) is 5.90. The molecule has 1 aliphatic rings. The third-order valence-corrected chi connectivity index (χ3v) is 3.71. The molecule has 0 aliphatic carbocycles. The van der Waals surface area contributed by atoms with E-state index < -0.39 is 7.12 Å². The predicted octanol–water partition coefficient (Wildman–Crippen LogP) is 0.423. The minimum Gasteiger partial charge on any atom is -0.398 e. The molecule has 2 aromatic heterocycles. The van der Waals surface area contributed by atoms with Crippen molar-refractivity contribution in [3.05, 3.63) is 18.7 Å². The fourth-order valence-electron chi connectivity index (χ4n) is 1.90. The molecule has 0 saturated carbocycles. The minimum atomic E-state index is -0.479. The van der Waals surface area contributed by atoms with E-state index in [0.29, 0.717) is 5.65 Å². The molecule has 0 aromatic carbocycles. The lowest BCUT2D eigenvalue weighted by molar-refractivity contribution is 0.00578. The van der Waals surface area contributed by atoms with Gasteiger partial charge in [0, 0.05) is 6.20 Å². The highest BCUT2D eigenvalue weighted by Gasteiger charge is 2.52. The summed E-state index contributed by atoms with van der Waals surface area (Å²) in [7, 11) is -0.479. The van der Waals surface area contributed by atoms with Crippen molar-refractivity contribution in [2.24, 2.45) is 0 Å². The standard InChI is InChI=1S/C11H15BN4O2/c1-10(2)11(3,4)18-12(17-10)8-5-13-6-9-14-7-15-16(8)9/h5-7H,1-4H3. The molecule has 0 amide bonds. The van der Waals surface area contributed by atoms with Crippen LogP contribution in [0.2, 0.25) is 0 Å². The Morgan fingerprint density at radius 1 is 1.11 bits per heavy atom. The molecule has 0 atom stereocenters. The van der Waals surface area contributed by atoms with Crippen LogP contribution < -0.4 is 5.59 Å². The summed E-state index contributed by atoms with van der Waals surface area (Å²) in [5.74, 6) is 0. The molecule has 3 rings (SSSR count). The number of fused-ring (bicyclic) bond motifs is 1. The summed E-state index contributed by atoms with van der Waals surface area (Å²) in [6.07, 6.45) is 4.84. The summed E-state index contributed by atoms with van der Waals surface area (Å²) in [5, 5.41) is 4.16. The molecular weight excluding hydrogens is 231 g/mol. The highest BCUT2D eigenvalue weighted by Crippen LogP contribution is 2.36. The Morgan fingerprint density at radius 2 is 1.78 bits per heavy atom. The molecule has 1 aliphatic heterocycles. The van der Waals surface area contributed by atoms with Crippen molar-refractivity contribution in [1.82, 2.24) is 19.6 Å². The fourth-order valence-corrected chi connectivity index (χ4v) is 1.90. The van der Waals surface area contributed by atoms with Gasteiger partial charge in [-0.15, -0.1) is 0 Å². The van der Waals surface area contributed by atoms with Crippen LogP contribution in [0.3, 0.4) is 0 Å². The van der Waals surface area contributed by atoms with Crippen molar-refractivity contribution in [2.45, 2.75) is 38.9 Å². The second-order valence-corrected chi connectivity index (χ2v) is 5.45. The van der Waals surface area contributed by atoms with Crippen molar-refractivity contribution >= 4 is 18.4 Å². The first-order valence-electron chi connectivity index (χ1n) is 5.90. The monoisotopic (exact) mass is 246 g/mol. The van der Waals surface area contributed by atoms with Gasteiger partial charge >= 0.3 is 7.12 Å². The van der Waals surface area contributed by atoms with Crippen molar-refractivity contribution in [2.75, 3.05) is 0 Å². The zero-order chi connectivity index (χ0) is 13.0. The molecule has 94 valence electrons. The third kappa shape index (κ3) is 1.54. The number of nitrogens with zero attached hydrogens (tertiary/aromatic N) is 4. The number of rotatable bonds is 1. The SMILES string of the molecule is CC1(C)OB(c2cncc3ncnn23)OC1(C)C. The maximum atomic E-state index is 5.98. The van der Waals surface area contributed by atoms with Crippen LogP contribution >= 0.6 is 0 Å². The number of hydrogen-bond donors (Lipinski definition) is 0. The Kier molecular flexibility index (Phi) is 2.27. The maximum Gasteiger partial charge on any atom is 0.516 e. The summed E-state index contributed by atoms with van der Waals surface area (Å²) in [4.78, 5) is 8.24. The van der Waals surface area contributed by atoms with Crippen molar-refractivity contribution in [3.63, 3.8) is 0 Å². The highest BCUT2D eigenvalue weighted by molar-refractivity contribution is 6.61. The van der Waals surface area contributed by atoms with Gasteiger partial charge in [0.05, 0.1) is 23.0 Å². The molecule has 1 saturated heterocycles. The van der Waals surface area contributed by atoms with Gasteiger partial charge in [0.1, 0.15) is 6.33 Å². The van der Waals surface area contributed by atoms with Crippen LogP contribution in [0.4, 0.5) is 0 Å². The Bertz CT molecular complexity index is 579. The molecule has 0 N–H and O–H groups in total. The molecule has 6 nitrogen and oxygen atoms in total. The normalized spacial score (nSPS) is 21.7. The Balaban J connectivity index is 2.05. The van der Waals surface area contributed by atoms with Crippen LogP contribution in [0.25, 0.3) is 5.65 Å². The van der Waals surface area contributed by atoms with Crippen molar-refractivity contribution in [1.29, 1.82) is 0 Å². The molecule has 0 radical (unpaired) electrons. The lowest BCUT2D eigenvalue weighted by Crippen LogP contribution is -2.41. The van der Waals surface area contributed by atoms with Crippen LogP contribution in [0.15, 0.2) is 18.7 Å².